The van der Waals surface area contributed by atoms with Crippen LogP contribution in [-0.4, -0.2) is 47.1 Å². The molecule has 17 heavy (non-hydrogen) atoms. The van der Waals surface area contributed by atoms with E-state index in [4.69, 9.17) is 0 Å². The van der Waals surface area contributed by atoms with E-state index in [1.54, 1.807) is 0 Å². The molecule has 0 saturated carbocycles. The van der Waals surface area contributed by atoms with E-state index >= 15 is 0 Å². The van der Waals surface area contributed by atoms with Crippen LogP contribution in [0.2, 0.25) is 0 Å². The normalized spacial score (nSPS) is 29.4. The monoisotopic (exact) mass is 344 g/mol. The van der Waals surface area contributed by atoms with Crippen molar-refractivity contribution in [2.45, 2.75) is 31.3 Å². The van der Waals surface area contributed by atoms with E-state index in [-0.39, 0.29) is 0 Å². The molecule has 4 nitrogen and oxygen atoms in total. The lowest BCUT2D eigenvalue weighted by Crippen LogP contribution is -2.37. The van der Waals surface area contributed by atoms with Crippen LogP contribution in [0.3, 0.4) is 0 Å². The van der Waals surface area contributed by atoms with Gasteiger partial charge in [0.2, 0.25) is 5.95 Å². The van der Waals surface area contributed by atoms with Crippen molar-refractivity contribution >= 4 is 28.5 Å². The fourth-order valence-corrected chi connectivity index (χ4v) is 3.24. The van der Waals surface area contributed by atoms with Gasteiger partial charge in [0, 0.05) is 41.1 Å². The van der Waals surface area contributed by atoms with Crippen molar-refractivity contribution < 1.29 is 0 Å². The van der Waals surface area contributed by atoms with E-state index in [0.717, 1.165) is 28.6 Å². The summed E-state index contributed by atoms with van der Waals surface area (Å²) in [6.07, 6.45) is 7.72. The molecule has 2 atom stereocenters. The predicted molar refractivity (Wildman–Crippen MR) is 76.2 cm³/mol. The van der Waals surface area contributed by atoms with Crippen molar-refractivity contribution in [1.29, 1.82) is 0 Å². The van der Waals surface area contributed by atoms with Gasteiger partial charge in [0.15, 0.2) is 0 Å². The van der Waals surface area contributed by atoms with Crippen LogP contribution in [0.4, 0.5) is 5.95 Å². The number of nitrogens with zero attached hydrogens (tertiary/aromatic N) is 4. The number of fused-ring (bicyclic) bond motifs is 2. The first-order valence-electron chi connectivity index (χ1n) is 6.18. The maximum absolute atomic E-state index is 4.44. The van der Waals surface area contributed by atoms with Crippen molar-refractivity contribution in [2.24, 2.45) is 0 Å². The van der Waals surface area contributed by atoms with E-state index in [1.807, 2.05) is 12.4 Å². The van der Waals surface area contributed by atoms with Crippen molar-refractivity contribution in [3.63, 3.8) is 0 Å². The molecule has 2 fully saturated rings. The molecule has 1 aromatic heterocycles. The summed E-state index contributed by atoms with van der Waals surface area (Å²) in [5, 5.41) is 0. The van der Waals surface area contributed by atoms with Gasteiger partial charge in [-0.1, -0.05) is 0 Å². The maximum Gasteiger partial charge on any atom is 0.225 e. The Balaban J connectivity index is 1.79. The zero-order valence-electron chi connectivity index (χ0n) is 10.0. The van der Waals surface area contributed by atoms with Gasteiger partial charge >= 0.3 is 0 Å². The number of likely N-dealkylation sites (N-methyl/N-ethyl adjacent to an activating group) is 1. The lowest BCUT2D eigenvalue weighted by molar-refractivity contribution is 0.254. The van der Waals surface area contributed by atoms with Crippen molar-refractivity contribution in [1.82, 2.24) is 14.9 Å². The SMILES string of the molecule is CN1C2CCC1CN(c1ncc(I)cn1)CC2. The Morgan fingerprint density at radius 2 is 1.88 bits per heavy atom. The Kier molecular flexibility index (Phi) is 3.21. The summed E-state index contributed by atoms with van der Waals surface area (Å²) in [4.78, 5) is 13.8. The van der Waals surface area contributed by atoms with Crippen LogP contribution in [-0.2, 0) is 0 Å². The van der Waals surface area contributed by atoms with Crippen LogP contribution < -0.4 is 4.90 Å². The number of rotatable bonds is 1. The Morgan fingerprint density at radius 1 is 1.18 bits per heavy atom. The Bertz CT molecular complexity index is 394. The van der Waals surface area contributed by atoms with E-state index in [0.29, 0.717) is 6.04 Å². The third-order valence-corrected chi connectivity index (χ3v) is 4.60. The lowest BCUT2D eigenvalue weighted by Gasteiger charge is -2.25. The molecule has 0 spiro atoms. The van der Waals surface area contributed by atoms with Crippen LogP contribution in [0.15, 0.2) is 12.4 Å². The summed E-state index contributed by atoms with van der Waals surface area (Å²) in [7, 11) is 2.26. The van der Waals surface area contributed by atoms with Gasteiger partial charge in [0.1, 0.15) is 0 Å². The molecule has 0 amide bonds. The van der Waals surface area contributed by atoms with Gasteiger partial charge in [-0.25, -0.2) is 9.97 Å². The average molecular weight is 344 g/mol. The fraction of sp³-hybridized carbons (Fsp3) is 0.667. The first kappa shape index (κ1) is 11.6. The van der Waals surface area contributed by atoms with Gasteiger partial charge in [0.05, 0.1) is 0 Å². The van der Waals surface area contributed by atoms with Gasteiger partial charge < -0.3 is 4.90 Å². The molecule has 0 aromatic carbocycles. The molecule has 3 heterocycles. The molecule has 92 valence electrons. The highest BCUT2D eigenvalue weighted by Gasteiger charge is 2.35. The summed E-state index contributed by atoms with van der Waals surface area (Å²) in [5.74, 6) is 0.895. The molecule has 5 heteroatoms. The summed E-state index contributed by atoms with van der Waals surface area (Å²) in [6, 6.07) is 1.46. The van der Waals surface area contributed by atoms with Crippen LogP contribution in [0.5, 0.6) is 0 Å². The minimum absolute atomic E-state index is 0.686. The Hall–Kier alpha value is -0.430. The topological polar surface area (TPSA) is 32.3 Å². The molecule has 0 N–H and O–H groups in total. The summed E-state index contributed by atoms with van der Waals surface area (Å²) >= 11 is 2.24. The van der Waals surface area contributed by atoms with Gasteiger partial charge in [-0.15, -0.1) is 0 Å². The second-order valence-corrected chi connectivity index (χ2v) is 6.23. The minimum Gasteiger partial charge on any atom is -0.339 e. The molecule has 0 radical (unpaired) electrons. The zero-order valence-corrected chi connectivity index (χ0v) is 12.2. The number of hydrogen-bond acceptors (Lipinski definition) is 4. The van der Waals surface area contributed by atoms with E-state index in [1.165, 1.54) is 19.3 Å². The first-order valence-corrected chi connectivity index (χ1v) is 7.26. The second kappa shape index (κ2) is 4.68. The van der Waals surface area contributed by atoms with Crippen molar-refractivity contribution in [3.8, 4) is 0 Å². The van der Waals surface area contributed by atoms with Crippen LogP contribution in [0, 0.1) is 3.57 Å². The predicted octanol–water partition coefficient (Wildman–Crippen LogP) is 1.75. The molecule has 1 aromatic rings. The Morgan fingerprint density at radius 3 is 2.65 bits per heavy atom. The van der Waals surface area contributed by atoms with E-state index in [2.05, 4.69) is 49.4 Å². The van der Waals surface area contributed by atoms with Crippen LogP contribution in [0.25, 0.3) is 0 Å². The highest BCUT2D eigenvalue weighted by atomic mass is 127. The molecule has 0 aliphatic carbocycles. The van der Waals surface area contributed by atoms with Gasteiger partial charge in [-0.2, -0.15) is 0 Å². The first-order chi connectivity index (χ1) is 8.24. The molecular formula is C12H17IN4. The maximum atomic E-state index is 4.44. The molecule has 2 bridgehead atoms. The van der Waals surface area contributed by atoms with E-state index in [9.17, 15) is 0 Å². The van der Waals surface area contributed by atoms with Gasteiger partial charge in [0.25, 0.3) is 0 Å². The number of anilines is 1. The quantitative estimate of drug-likeness (QED) is 0.727. The number of hydrogen-bond donors (Lipinski definition) is 0. The summed E-state index contributed by atoms with van der Waals surface area (Å²) in [6.45, 7) is 2.17. The molecule has 2 aliphatic heterocycles. The van der Waals surface area contributed by atoms with Crippen LogP contribution in [0.1, 0.15) is 19.3 Å². The Labute approximate surface area is 116 Å². The summed E-state index contributed by atoms with van der Waals surface area (Å²) in [5.41, 5.74) is 0. The molecule has 2 unspecified atom stereocenters. The largest absolute Gasteiger partial charge is 0.339 e. The van der Waals surface area contributed by atoms with Crippen LogP contribution >= 0.6 is 22.6 Å². The van der Waals surface area contributed by atoms with Gasteiger partial charge in [-0.05, 0) is 48.9 Å². The second-order valence-electron chi connectivity index (χ2n) is 4.99. The molecular weight excluding hydrogens is 327 g/mol. The lowest BCUT2D eigenvalue weighted by atomic mass is 10.1. The third kappa shape index (κ3) is 2.27. The average Bonchev–Trinajstić information content (AvgIpc) is 2.55. The van der Waals surface area contributed by atoms with Crippen molar-refractivity contribution in [2.75, 3.05) is 25.0 Å². The fourth-order valence-electron chi connectivity index (χ4n) is 2.96. The molecule has 2 saturated heterocycles. The van der Waals surface area contributed by atoms with Gasteiger partial charge in [-0.3, -0.25) is 4.90 Å². The highest BCUT2D eigenvalue weighted by molar-refractivity contribution is 14.1. The zero-order chi connectivity index (χ0) is 11.8. The smallest absolute Gasteiger partial charge is 0.225 e. The molecule has 2 aliphatic rings. The third-order valence-electron chi connectivity index (χ3n) is 4.04. The molecule has 3 rings (SSSR count). The van der Waals surface area contributed by atoms with Crippen molar-refractivity contribution in [3.05, 3.63) is 16.0 Å². The number of halogens is 1. The standard InChI is InChI=1S/C12H17IN4/c1-16-10-2-3-11(16)8-17(5-4-10)12-14-6-9(13)7-15-12/h6-7,10-11H,2-5,8H2,1H3. The number of aromatic nitrogens is 2. The van der Waals surface area contributed by atoms with E-state index < -0.39 is 0 Å². The summed E-state index contributed by atoms with van der Waals surface area (Å²) < 4.78 is 1.10. The minimum atomic E-state index is 0.686. The highest BCUT2D eigenvalue weighted by Crippen LogP contribution is 2.29.